The van der Waals surface area contributed by atoms with Crippen molar-refractivity contribution < 1.29 is 14.0 Å². The Balaban J connectivity index is 1.74. The molecule has 1 aliphatic rings. The van der Waals surface area contributed by atoms with Crippen LogP contribution in [-0.2, 0) is 11.3 Å². The molecule has 0 aromatic heterocycles. The SMILES string of the molecule is CCOc1cc(C)c(NC(=O)C[N+]2(Cc3ccccc3)CCCCC2)c(C)c1. The van der Waals surface area contributed by atoms with Gasteiger partial charge in [0.1, 0.15) is 12.3 Å². The largest absolute Gasteiger partial charge is 0.494 e. The van der Waals surface area contributed by atoms with Gasteiger partial charge in [-0.1, -0.05) is 30.3 Å². The van der Waals surface area contributed by atoms with E-state index >= 15 is 0 Å². The van der Waals surface area contributed by atoms with E-state index in [4.69, 9.17) is 4.74 Å². The van der Waals surface area contributed by atoms with Crippen molar-refractivity contribution in [3.05, 3.63) is 59.2 Å². The van der Waals surface area contributed by atoms with Crippen LogP contribution in [0.4, 0.5) is 5.69 Å². The molecule has 1 saturated heterocycles. The number of benzene rings is 2. The smallest absolute Gasteiger partial charge is 0.279 e. The first-order chi connectivity index (χ1) is 13.5. The molecule has 28 heavy (non-hydrogen) atoms. The van der Waals surface area contributed by atoms with Crippen LogP contribution in [0.3, 0.4) is 0 Å². The topological polar surface area (TPSA) is 38.3 Å². The molecular formula is C24H33N2O2+. The number of piperidine rings is 1. The number of ether oxygens (including phenoxy) is 1. The fourth-order valence-electron chi connectivity index (χ4n) is 4.38. The third-order valence-electron chi connectivity index (χ3n) is 5.69. The van der Waals surface area contributed by atoms with E-state index in [9.17, 15) is 4.79 Å². The first kappa shape index (κ1) is 20.4. The lowest BCUT2D eigenvalue weighted by molar-refractivity contribution is -0.937. The van der Waals surface area contributed by atoms with Crippen LogP contribution in [-0.4, -0.2) is 36.6 Å². The van der Waals surface area contributed by atoms with Gasteiger partial charge in [-0.2, -0.15) is 0 Å². The Labute approximate surface area is 169 Å². The Kier molecular flexibility index (Phi) is 6.74. The number of likely N-dealkylation sites (tertiary alicyclic amines) is 1. The molecule has 1 fully saturated rings. The zero-order valence-electron chi connectivity index (χ0n) is 17.5. The minimum Gasteiger partial charge on any atom is -0.494 e. The normalized spacial score (nSPS) is 15.8. The van der Waals surface area contributed by atoms with E-state index in [-0.39, 0.29) is 5.91 Å². The van der Waals surface area contributed by atoms with E-state index in [1.807, 2.05) is 39.0 Å². The summed E-state index contributed by atoms with van der Waals surface area (Å²) in [6.07, 6.45) is 3.66. The van der Waals surface area contributed by atoms with Crippen molar-refractivity contribution in [1.29, 1.82) is 0 Å². The summed E-state index contributed by atoms with van der Waals surface area (Å²) >= 11 is 0. The van der Waals surface area contributed by atoms with Gasteiger partial charge in [0.2, 0.25) is 0 Å². The van der Waals surface area contributed by atoms with Crippen molar-refractivity contribution in [2.45, 2.75) is 46.6 Å². The molecule has 4 heteroatoms. The molecule has 0 spiro atoms. The number of quaternary nitrogens is 1. The molecule has 0 bridgehead atoms. The van der Waals surface area contributed by atoms with Crippen LogP contribution in [0, 0.1) is 13.8 Å². The molecule has 0 saturated carbocycles. The van der Waals surface area contributed by atoms with Crippen molar-refractivity contribution in [1.82, 2.24) is 0 Å². The molecule has 1 heterocycles. The zero-order valence-corrected chi connectivity index (χ0v) is 17.5. The average molecular weight is 382 g/mol. The summed E-state index contributed by atoms with van der Waals surface area (Å²) in [6, 6.07) is 14.6. The summed E-state index contributed by atoms with van der Waals surface area (Å²) in [5.74, 6) is 0.965. The maximum Gasteiger partial charge on any atom is 0.279 e. The minimum absolute atomic E-state index is 0.105. The van der Waals surface area contributed by atoms with E-state index in [0.717, 1.165) is 46.7 Å². The summed E-state index contributed by atoms with van der Waals surface area (Å²) < 4.78 is 6.47. The van der Waals surface area contributed by atoms with Crippen LogP contribution in [0.15, 0.2) is 42.5 Å². The molecule has 4 nitrogen and oxygen atoms in total. The lowest BCUT2D eigenvalue weighted by Gasteiger charge is -2.41. The number of amides is 1. The Morgan fingerprint density at radius 3 is 2.29 bits per heavy atom. The first-order valence-electron chi connectivity index (χ1n) is 10.4. The number of carbonyl (C=O) groups excluding carboxylic acids is 1. The molecule has 2 aromatic rings. The van der Waals surface area contributed by atoms with Crippen molar-refractivity contribution in [3.8, 4) is 5.75 Å². The maximum absolute atomic E-state index is 13.0. The van der Waals surface area contributed by atoms with Gasteiger partial charge in [-0.25, -0.2) is 0 Å². The average Bonchev–Trinajstić information content (AvgIpc) is 2.66. The van der Waals surface area contributed by atoms with Gasteiger partial charge in [-0.3, -0.25) is 4.79 Å². The van der Waals surface area contributed by atoms with Gasteiger partial charge in [0.15, 0.2) is 6.54 Å². The molecule has 0 radical (unpaired) electrons. The summed E-state index contributed by atoms with van der Waals surface area (Å²) in [5, 5.41) is 3.20. The number of nitrogens with one attached hydrogen (secondary N) is 1. The third kappa shape index (κ3) is 5.14. The Morgan fingerprint density at radius 2 is 1.68 bits per heavy atom. The van der Waals surface area contributed by atoms with Gasteiger partial charge in [-0.05, 0) is 63.3 Å². The fraction of sp³-hybridized carbons (Fsp3) is 0.458. The van der Waals surface area contributed by atoms with Crippen molar-refractivity contribution >= 4 is 11.6 Å². The second-order valence-electron chi connectivity index (χ2n) is 8.06. The third-order valence-corrected chi connectivity index (χ3v) is 5.69. The highest BCUT2D eigenvalue weighted by molar-refractivity contribution is 5.93. The van der Waals surface area contributed by atoms with E-state index in [1.54, 1.807) is 0 Å². The second-order valence-corrected chi connectivity index (χ2v) is 8.06. The van der Waals surface area contributed by atoms with Gasteiger partial charge in [-0.15, -0.1) is 0 Å². The van der Waals surface area contributed by atoms with Gasteiger partial charge in [0.05, 0.1) is 19.7 Å². The standard InChI is InChI=1S/C24H32N2O2/c1-4-28-22-15-19(2)24(20(3)16-22)25-23(27)18-26(13-9-6-10-14-26)17-21-11-7-5-8-12-21/h5,7-8,11-12,15-16H,4,6,9-10,13-14,17-18H2,1-3H3/p+1. The van der Waals surface area contributed by atoms with E-state index in [0.29, 0.717) is 13.2 Å². The van der Waals surface area contributed by atoms with Crippen LogP contribution in [0.25, 0.3) is 0 Å². The van der Waals surface area contributed by atoms with Gasteiger partial charge < -0.3 is 14.5 Å². The van der Waals surface area contributed by atoms with Crippen molar-refractivity contribution in [2.24, 2.45) is 0 Å². The van der Waals surface area contributed by atoms with E-state index in [1.165, 1.54) is 24.8 Å². The first-order valence-corrected chi connectivity index (χ1v) is 10.4. The number of hydrogen-bond donors (Lipinski definition) is 1. The van der Waals surface area contributed by atoms with Gasteiger partial charge in [0, 0.05) is 11.3 Å². The van der Waals surface area contributed by atoms with Crippen LogP contribution in [0.5, 0.6) is 5.75 Å². The summed E-state index contributed by atoms with van der Waals surface area (Å²) in [5.41, 5.74) is 4.32. The monoisotopic (exact) mass is 381 g/mol. The molecule has 3 rings (SSSR count). The minimum atomic E-state index is 0.105. The van der Waals surface area contributed by atoms with Crippen LogP contribution in [0.2, 0.25) is 0 Å². The van der Waals surface area contributed by atoms with Crippen LogP contribution < -0.4 is 10.1 Å². The molecule has 150 valence electrons. The second kappa shape index (κ2) is 9.24. The molecule has 0 atom stereocenters. The van der Waals surface area contributed by atoms with Crippen LogP contribution in [0.1, 0.15) is 42.9 Å². The highest BCUT2D eigenvalue weighted by atomic mass is 16.5. The van der Waals surface area contributed by atoms with Gasteiger partial charge in [0.25, 0.3) is 5.91 Å². The van der Waals surface area contributed by atoms with Crippen molar-refractivity contribution in [3.63, 3.8) is 0 Å². The molecule has 2 aromatic carbocycles. The quantitative estimate of drug-likeness (QED) is 0.697. The number of nitrogens with zero attached hydrogens (tertiary/aromatic N) is 1. The highest BCUT2D eigenvalue weighted by Gasteiger charge is 2.33. The number of carbonyl (C=O) groups is 1. The number of anilines is 1. The molecule has 1 aliphatic heterocycles. The van der Waals surface area contributed by atoms with Crippen molar-refractivity contribution in [2.75, 3.05) is 31.6 Å². The molecule has 0 aliphatic carbocycles. The summed E-state index contributed by atoms with van der Waals surface area (Å²) in [6.45, 7) is 10.3. The lowest BCUT2D eigenvalue weighted by atomic mass is 10.0. The molecular weight excluding hydrogens is 348 g/mol. The predicted octanol–water partition coefficient (Wildman–Crippen LogP) is 4.84. The number of aryl methyl sites for hydroxylation is 2. The molecule has 1 N–H and O–H groups in total. The fourth-order valence-corrected chi connectivity index (χ4v) is 4.38. The number of rotatable bonds is 7. The maximum atomic E-state index is 13.0. The Bertz CT molecular complexity index is 773. The molecule has 0 unspecified atom stereocenters. The Hall–Kier alpha value is -2.33. The summed E-state index contributed by atoms with van der Waals surface area (Å²) in [7, 11) is 0. The van der Waals surface area contributed by atoms with E-state index < -0.39 is 0 Å². The lowest BCUT2D eigenvalue weighted by Crippen LogP contribution is -2.54. The van der Waals surface area contributed by atoms with E-state index in [2.05, 4.69) is 29.6 Å². The number of hydrogen-bond acceptors (Lipinski definition) is 2. The van der Waals surface area contributed by atoms with Gasteiger partial charge >= 0.3 is 0 Å². The zero-order chi connectivity index (χ0) is 20.0. The molecule has 1 amide bonds. The Morgan fingerprint density at radius 1 is 1.04 bits per heavy atom. The highest BCUT2D eigenvalue weighted by Crippen LogP contribution is 2.27. The predicted molar refractivity (Wildman–Crippen MR) is 115 cm³/mol. The summed E-state index contributed by atoms with van der Waals surface area (Å²) in [4.78, 5) is 13.0. The van der Waals surface area contributed by atoms with Crippen LogP contribution >= 0.6 is 0 Å².